The molecule has 6 nitrogen and oxygen atoms in total. The molecule has 4 aromatic rings. The second-order valence-corrected chi connectivity index (χ2v) is 8.81. The number of nitrogens with one attached hydrogen (secondary N) is 1. The predicted octanol–water partition coefficient (Wildman–Crippen LogP) is 5.07. The first-order chi connectivity index (χ1) is 15.2. The molecular weight excluding hydrogens is 408 g/mol. The molecule has 0 saturated carbocycles. The number of anilines is 1. The molecule has 1 aliphatic heterocycles. The number of pyridine rings is 1. The largest absolute Gasteiger partial charge is 0.496 e. The van der Waals surface area contributed by atoms with Crippen LogP contribution in [-0.2, 0) is 4.74 Å². The van der Waals surface area contributed by atoms with E-state index < -0.39 is 0 Å². The molecular formula is C24H26N4O2S. The molecule has 5 rings (SSSR count). The molecule has 2 aromatic carbocycles. The highest BCUT2D eigenvalue weighted by Crippen LogP contribution is 2.34. The molecule has 2 aromatic heterocycles. The summed E-state index contributed by atoms with van der Waals surface area (Å²) in [6.07, 6.45) is 3.79. The van der Waals surface area contributed by atoms with Gasteiger partial charge in [-0.2, -0.15) is 0 Å². The monoisotopic (exact) mass is 434 g/mol. The molecule has 1 N–H and O–H groups in total. The fraction of sp³-hybridized carbons (Fsp3) is 0.333. The van der Waals surface area contributed by atoms with Gasteiger partial charge in [0.05, 0.1) is 7.11 Å². The van der Waals surface area contributed by atoms with Gasteiger partial charge in [-0.25, -0.2) is 9.97 Å². The molecule has 0 amide bonds. The smallest absolute Gasteiger partial charge is 0.185 e. The zero-order chi connectivity index (χ0) is 21.2. The highest BCUT2D eigenvalue weighted by molar-refractivity contribution is 7.21. The Kier molecular flexibility index (Phi) is 5.72. The van der Waals surface area contributed by atoms with Crippen molar-refractivity contribution in [3.05, 3.63) is 60.3 Å². The van der Waals surface area contributed by atoms with Crippen LogP contribution < -0.4 is 10.1 Å². The van der Waals surface area contributed by atoms with Crippen LogP contribution in [0.25, 0.3) is 21.1 Å². The van der Waals surface area contributed by atoms with Crippen LogP contribution in [0.2, 0.25) is 0 Å². The molecule has 0 aliphatic carbocycles. The zero-order valence-corrected chi connectivity index (χ0v) is 18.6. The van der Waals surface area contributed by atoms with Crippen molar-refractivity contribution in [2.24, 2.45) is 0 Å². The lowest BCUT2D eigenvalue weighted by Gasteiger charge is -2.37. The van der Waals surface area contributed by atoms with E-state index in [0.29, 0.717) is 6.04 Å². The minimum absolute atomic E-state index is 0.0916. The number of hydrogen-bond donors (Lipinski definition) is 1. The second-order valence-electron chi connectivity index (χ2n) is 7.83. The van der Waals surface area contributed by atoms with Crippen LogP contribution in [0.1, 0.15) is 24.6 Å². The van der Waals surface area contributed by atoms with Gasteiger partial charge in [0.15, 0.2) is 5.13 Å². The van der Waals surface area contributed by atoms with Crippen molar-refractivity contribution in [1.29, 1.82) is 0 Å². The van der Waals surface area contributed by atoms with E-state index >= 15 is 0 Å². The van der Waals surface area contributed by atoms with Gasteiger partial charge in [-0.05, 0) is 48.1 Å². The van der Waals surface area contributed by atoms with Crippen molar-refractivity contribution in [3.63, 3.8) is 0 Å². The maximum absolute atomic E-state index is 5.95. The second kappa shape index (κ2) is 8.78. The molecule has 1 fully saturated rings. The summed E-state index contributed by atoms with van der Waals surface area (Å²) in [5, 5.41) is 6.85. The SMILES string of the molecule is COc1cc(C(OC)N2CCC(Nc3nc4cccnc4s3)CC2)cc2ccccc12. The quantitative estimate of drug-likeness (QED) is 0.457. The van der Waals surface area contributed by atoms with Gasteiger partial charge in [-0.15, -0.1) is 0 Å². The summed E-state index contributed by atoms with van der Waals surface area (Å²) in [4.78, 5) is 12.4. The van der Waals surface area contributed by atoms with Crippen molar-refractivity contribution in [3.8, 4) is 5.75 Å². The molecule has 1 saturated heterocycles. The fourth-order valence-electron chi connectivity index (χ4n) is 4.39. The van der Waals surface area contributed by atoms with E-state index in [4.69, 9.17) is 9.47 Å². The minimum atomic E-state index is -0.0916. The lowest BCUT2D eigenvalue weighted by molar-refractivity contribution is -0.0451. The van der Waals surface area contributed by atoms with Gasteiger partial charge < -0.3 is 14.8 Å². The first-order valence-electron chi connectivity index (χ1n) is 10.6. The normalized spacial score (nSPS) is 16.6. The van der Waals surface area contributed by atoms with Gasteiger partial charge in [-0.3, -0.25) is 4.90 Å². The van der Waals surface area contributed by atoms with Gasteiger partial charge in [0.1, 0.15) is 22.3 Å². The van der Waals surface area contributed by atoms with E-state index in [2.05, 4.69) is 50.5 Å². The van der Waals surface area contributed by atoms with Crippen molar-refractivity contribution >= 4 is 37.6 Å². The highest BCUT2D eigenvalue weighted by Gasteiger charge is 2.27. The van der Waals surface area contributed by atoms with E-state index in [-0.39, 0.29) is 6.23 Å². The number of thiazole rings is 1. The maximum atomic E-state index is 5.95. The number of nitrogens with zero attached hydrogens (tertiary/aromatic N) is 3. The van der Waals surface area contributed by atoms with Crippen LogP contribution >= 0.6 is 11.3 Å². The Morgan fingerprint density at radius 2 is 1.94 bits per heavy atom. The zero-order valence-electron chi connectivity index (χ0n) is 17.7. The number of aromatic nitrogens is 2. The summed E-state index contributed by atoms with van der Waals surface area (Å²) in [6, 6.07) is 17.0. The van der Waals surface area contributed by atoms with Gasteiger partial charge in [0.2, 0.25) is 0 Å². The molecule has 0 spiro atoms. The summed E-state index contributed by atoms with van der Waals surface area (Å²) < 4.78 is 11.6. The summed E-state index contributed by atoms with van der Waals surface area (Å²) in [7, 11) is 3.51. The summed E-state index contributed by atoms with van der Waals surface area (Å²) in [6.45, 7) is 1.91. The molecule has 3 heterocycles. The first kappa shape index (κ1) is 20.2. The number of hydrogen-bond acceptors (Lipinski definition) is 7. The van der Waals surface area contributed by atoms with Gasteiger partial charge >= 0.3 is 0 Å². The Hall–Kier alpha value is -2.74. The summed E-state index contributed by atoms with van der Waals surface area (Å²) in [5.74, 6) is 0.885. The minimum Gasteiger partial charge on any atom is -0.496 e. The molecule has 0 bridgehead atoms. The number of benzene rings is 2. The maximum Gasteiger partial charge on any atom is 0.185 e. The lowest BCUT2D eigenvalue weighted by Crippen LogP contribution is -2.41. The van der Waals surface area contributed by atoms with Gasteiger partial charge in [0.25, 0.3) is 0 Å². The number of methoxy groups -OCH3 is 2. The van der Waals surface area contributed by atoms with Crippen LogP contribution in [0.5, 0.6) is 5.75 Å². The number of rotatable bonds is 6. The van der Waals surface area contributed by atoms with E-state index in [1.807, 2.05) is 24.4 Å². The van der Waals surface area contributed by atoms with Crippen LogP contribution in [0.3, 0.4) is 0 Å². The third-order valence-corrected chi connectivity index (χ3v) is 6.84. The first-order valence-corrected chi connectivity index (χ1v) is 11.4. The molecule has 1 unspecified atom stereocenters. The Bertz CT molecular complexity index is 1150. The third-order valence-electron chi connectivity index (χ3n) is 5.93. The molecule has 7 heteroatoms. The van der Waals surface area contributed by atoms with Crippen molar-refractivity contribution in [2.75, 3.05) is 32.6 Å². The van der Waals surface area contributed by atoms with E-state index in [9.17, 15) is 0 Å². The Morgan fingerprint density at radius 1 is 1.10 bits per heavy atom. The Balaban J connectivity index is 1.29. The van der Waals surface area contributed by atoms with E-state index in [1.54, 1.807) is 25.6 Å². The lowest BCUT2D eigenvalue weighted by atomic mass is 10.0. The summed E-state index contributed by atoms with van der Waals surface area (Å²) >= 11 is 1.62. The third kappa shape index (κ3) is 4.08. The average molecular weight is 435 g/mol. The van der Waals surface area contributed by atoms with Crippen molar-refractivity contribution in [1.82, 2.24) is 14.9 Å². The van der Waals surface area contributed by atoms with E-state index in [1.165, 1.54) is 5.39 Å². The summed E-state index contributed by atoms with van der Waals surface area (Å²) in [5.41, 5.74) is 2.08. The number of ether oxygens (including phenoxy) is 2. The van der Waals surface area contributed by atoms with Crippen LogP contribution in [0.15, 0.2) is 54.7 Å². The molecule has 31 heavy (non-hydrogen) atoms. The molecule has 1 atom stereocenters. The predicted molar refractivity (Wildman–Crippen MR) is 126 cm³/mol. The number of piperidine rings is 1. The van der Waals surface area contributed by atoms with Crippen LogP contribution in [0, 0.1) is 0 Å². The fourth-order valence-corrected chi connectivity index (χ4v) is 5.27. The van der Waals surface area contributed by atoms with Crippen LogP contribution in [0.4, 0.5) is 5.13 Å². The Morgan fingerprint density at radius 3 is 2.71 bits per heavy atom. The average Bonchev–Trinajstić information content (AvgIpc) is 3.22. The van der Waals surface area contributed by atoms with Crippen molar-refractivity contribution in [2.45, 2.75) is 25.1 Å². The number of likely N-dealkylation sites (tertiary alicyclic amines) is 1. The number of fused-ring (bicyclic) bond motifs is 2. The van der Waals surface area contributed by atoms with Gasteiger partial charge in [0, 0.05) is 37.8 Å². The van der Waals surface area contributed by atoms with E-state index in [0.717, 1.165) is 58.1 Å². The van der Waals surface area contributed by atoms with Gasteiger partial charge in [-0.1, -0.05) is 35.6 Å². The molecule has 0 radical (unpaired) electrons. The van der Waals surface area contributed by atoms with Crippen molar-refractivity contribution < 1.29 is 9.47 Å². The molecule has 1 aliphatic rings. The highest BCUT2D eigenvalue weighted by atomic mass is 32.1. The topological polar surface area (TPSA) is 59.5 Å². The standard InChI is InChI=1S/C24H26N4O2S/c1-29-21-15-17(14-16-6-3-4-7-19(16)21)23(30-2)28-12-9-18(10-13-28)26-24-27-20-8-5-11-25-22(20)31-24/h3-8,11,14-15,18,23H,9-10,12-13H2,1-2H3,(H,26,27). The molecule has 160 valence electrons. The van der Waals surface area contributed by atoms with Crippen LogP contribution in [-0.4, -0.2) is 48.2 Å². The Labute approximate surface area is 185 Å².